The second-order valence-corrected chi connectivity index (χ2v) is 7.70. The van der Waals surface area contributed by atoms with Crippen molar-refractivity contribution in [3.63, 3.8) is 0 Å². The summed E-state index contributed by atoms with van der Waals surface area (Å²) in [6, 6.07) is 10.2. The number of hydrogen-bond donors (Lipinski definition) is 1. The topological polar surface area (TPSA) is 52.7 Å². The van der Waals surface area contributed by atoms with Gasteiger partial charge in [0, 0.05) is 44.6 Å². The first-order chi connectivity index (χ1) is 12.6. The molecule has 2 fully saturated rings. The fourth-order valence-electron chi connectivity index (χ4n) is 4.01. The van der Waals surface area contributed by atoms with E-state index in [1.807, 2.05) is 23.1 Å². The van der Waals surface area contributed by atoms with Gasteiger partial charge in [0.25, 0.3) is 0 Å². The van der Waals surface area contributed by atoms with Crippen molar-refractivity contribution in [2.24, 2.45) is 11.8 Å². The lowest BCUT2D eigenvalue weighted by Crippen LogP contribution is -2.49. The van der Waals surface area contributed by atoms with Crippen LogP contribution in [0.25, 0.3) is 0 Å². The fourth-order valence-corrected chi connectivity index (χ4v) is 4.01. The zero-order valence-electron chi connectivity index (χ0n) is 15.8. The second-order valence-electron chi connectivity index (χ2n) is 7.70. The first-order valence-corrected chi connectivity index (χ1v) is 9.92. The molecule has 1 heterocycles. The zero-order valence-corrected chi connectivity index (χ0v) is 15.8. The van der Waals surface area contributed by atoms with Crippen molar-refractivity contribution < 1.29 is 9.59 Å². The highest BCUT2D eigenvalue weighted by molar-refractivity contribution is 5.81. The molecule has 5 heteroatoms. The Bertz CT molecular complexity index is 589. The van der Waals surface area contributed by atoms with Crippen LogP contribution >= 0.6 is 0 Å². The molecule has 3 rings (SSSR count). The van der Waals surface area contributed by atoms with E-state index in [-0.39, 0.29) is 17.7 Å². The largest absolute Gasteiger partial charge is 0.356 e. The Balaban J connectivity index is 1.37. The molecule has 1 aromatic carbocycles. The molecule has 1 N–H and O–H groups in total. The molecule has 0 spiro atoms. The molecule has 0 aromatic heterocycles. The molecule has 0 atom stereocenters. The second kappa shape index (κ2) is 9.17. The third-order valence-electron chi connectivity index (χ3n) is 5.82. The summed E-state index contributed by atoms with van der Waals surface area (Å²) in [5.41, 5.74) is 1.24. The van der Waals surface area contributed by atoms with Crippen LogP contribution in [-0.2, 0) is 16.0 Å². The Morgan fingerprint density at radius 2 is 1.58 bits per heavy atom. The molecule has 1 aromatic rings. The lowest BCUT2D eigenvalue weighted by atomic mass is 9.81. The van der Waals surface area contributed by atoms with Gasteiger partial charge in [-0.2, -0.15) is 0 Å². The molecule has 1 saturated heterocycles. The van der Waals surface area contributed by atoms with Crippen LogP contribution in [0, 0.1) is 11.8 Å². The van der Waals surface area contributed by atoms with Crippen LogP contribution in [0.2, 0.25) is 0 Å². The van der Waals surface area contributed by atoms with Crippen LogP contribution in [0.1, 0.15) is 31.2 Å². The molecule has 0 unspecified atom stereocenters. The van der Waals surface area contributed by atoms with Crippen molar-refractivity contribution in [1.82, 2.24) is 15.1 Å². The van der Waals surface area contributed by atoms with Gasteiger partial charge < -0.3 is 15.1 Å². The van der Waals surface area contributed by atoms with Crippen molar-refractivity contribution in [2.75, 3.05) is 39.8 Å². The quantitative estimate of drug-likeness (QED) is 0.876. The number of nitrogens with one attached hydrogen (secondary N) is 1. The van der Waals surface area contributed by atoms with Gasteiger partial charge in [0.2, 0.25) is 11.8 Å². The zero-order chi connectivity index (χ0) is 18.4. The normalized spacial score (nSPS) is 24.3. The predicted molar refractivity (Wildman–Crippen MR) is 103 cm³/mol. The van der Waals surface area contributed by atoms with E-state index in [1.54, 1.807) is 0 Å². The van der Waals surface area contributed by atoms with Gasteiger partial charge in [-0.25, -0.2) is 0 Å². The summed E-state index contributed by atoms with van der Waals surface area (Å²) in [6.45, 7) is 4.29. The van der Waals surface area contributed by atoms with Crippen molar-refractivity contribution in [1.29, 1.82) is 0 Å². The van der Waals surface area contributed by atoms with Gasteiger partial charge in [-0.15, -0.1) is 0 Å². The standard InChI is InChI=1S/C21H31N3O2/c1-23-13-15-24(16-14-23)21(26)19-9-7-18(8-10-19)20(25)22-12-11-17-5-3-2-4-6-17/h2-6,18-19H,7-16H2,1H3,(H,22,25). The lowest BCUT2D eigenvalue weighted by Gasteiger charge is -2.36. The Labute approximate surface area is 156 Å². The number of benzene rings is 1. The molecule has 0 bridgehead atoms. The number of carbonyl (C=O) groups is 2. The highest BCUT2D eigenvalue weighted by Crippen LogP contribution is 2.30. The van der Waals surface area contributed by atoms with Crippen LogP contribution in [0.5, 0.6) is 0 Å². The molecule has 142 valence electrons. The maximum absolute atomic E-state index is 12.7. The summed E-state index contributed by atoms with van der Waals surface area (Å²) in [4.78, 5) is 29.3. The molecule has 1 aliphatic carbocycles. The lowest BCUT2D eigenvalue weighted by molar-refractivity contribution is -0.139. The van der Waals surface area contributed by atoms with E-state index in [0.29, 0.717) is 12.5 Å². The van der Waals surface area contributed by atoms with Gasteiger partial charge in [-0.1, -0.05) is 30.3 Å². The minimum absolute atomic E-state index is 0.0716. The van der Waals surface area contributed by atoms with Gasteiger partial charge in [0.1, 0.15) is 0 Å². The number of piperazine rings is 1. The van der Waals surface area contributed by atoms with E-state index in [9.17, 15) is 9.59 Å². The van der Waals surface area contributed by atoms with E-state index in [1.165, 1.54) is 5.56 Å². The summed E-state index contributed by atoms with van der Waals surface area (Å²) in [5.74, 6) is 0.654. The average molecular weight is 357 g/mol. The monoisotopic (exact) mass is 357 g/mol. The minimum atomic E-state index is 0.0716. The van der Waals surface area contributed by atoms with E-state index < -0.39 is 0 Å². The summed E-state index contributed by atoms with van der Waals surface area (Å²) >= 11 is 0. The summed E-state index contributed by atoms with van der Waals surface area (Å²) < 4.78 is 0. The van der Waals surface area contributed by atoms with E-state index >= 15 is 0 Å². The number of carbonyl (C=O) groups excluding carboxylic acids is 2. The highest BCUT2D eigenvalue weighted by atomic mass is 16.2. The van der Waals surface area contributed by atoms with Crippen molar-refractivity contribution >= 4 is 11.8 Å². The van der Waals surface area contributed by atoms with E-state index in [4.69, 9.17) is 0 Å². The molecule has 2 amide bonds. The van der Waals surface area contributed by atoms with Crippen LogP contribution in [-0.4, -0.2) is 61.4 Å². The third-order valence-corrected chi connectivity index (χ3v) is 5.82. The Hall–Kier alpha value is -1.88. The molecule has 1 saturated carbocycles. The van der Waals surface area contributed by atoms with Crippen LogP contribution in [0.15, 0.2) is 30.3 Å². The molecular formula is C21H31N3O2. The van der Waals surface area contributed by atoms with Crippen molar-refractivity contribution in [3.8, 4) is 0 Å². The summed E-state index contributed by atoms with van der Waals surface area (Å²) in [6.07, 6.45) is 4.23. The van der Waals surface area contributed by atoms with Crippen molar-refractivity contribution in [2.45, 2.75) is 32.1 Å². The predicted octanol–water partition coefficient (Wildman–Crippen LogP) is 1.93. The smallest absolute Gasteiger partial charge is 0.225 e. The van der Waals surface area contributed by atoms with E-state index in [0.717, 1.165) is 58.3 Å². The Kier molecular flexibility index (Phi) is 6.67. The number of amides is 2. The molecule has 2 aliphatic rings. The maximum Gasteiger partial charge on any atom is 0.225 e. The highest BCUT2D eigenvalue weighted by Gasteiger charge is 2.32. The molecule has 1 aliphatic heterocycles. The van der Waals surface area contributed by atoms with Gasteiger partial charge >= 0.3 is 0 Å². The molecular weight excluding hydrogens is 326 g/mol. The number of nitrogens with zero attached hydrogens (tertiary/aromatic N) is 2. The molecule has 5 nitrogen and oxygen atoms in total. The fraction of sp³-hybridized carbons (Fsp3) is 0.619. The first-order valence-electron chi connectivity index (χ1n) is 9.92. The third kappa shape index (κ3) is 5.07. The number of hydrogen-bond acceptors (Lipinski definition) is 3. The van der Waals surface area contributed by atoms with Crippen LogP contribution < -0.4 is 5.32 Å². The van der Waals surface area contributed by atoms with Gasteiger partial charge in [-0.05, 0) is 44.7 Å². The van der Waals surface area contributed by atoms with E-state index in [2.05, 4.69) is 29.4 Å². The number of likely N-dealkylation sites (N-methyl/N-ethyl adjacent to an activating group) is 1. The maximum atomic E-state index is 12.7. The number of rotatable bonds is 5. The van der Waals surface area contributed by atoms with Gasteiger partial charge in [0.15, 0.2) is 0 Å². The van der Waals surface area contributed by atoms with Crippen molar-refractivity contribution in [3.05, 3.63) is 35.9 Å². The Morgan fingerprint density at radius 3 is 2.23 bits per heavy atom. The Morgan fingerprint density at radius 1 is 0.962 bits per heavy atom. The van der Waals surface area contributed by atoms with Crippen LogP contribution in [0.4, 0.5) is 0 Å². The van der Waals surface area contributed by atoms with Gasteiger partial charge in [0.05, 0.1) is 0 Å². The van der Waals surface area contributed by atoms with Gasteiger partial charge in [-0.3, -0.25) is 9.59 Å². The first kappa shape index (κ1) is 18.9. The van der Waals surface area contributed by atoms with Crippen LogP contribution in [0.3, 0.4) is 0 Å². The SMILES string of the molecule is CN1CCN(C(=O)C2CCC(C(=O)NCCc3ccccc3)CC2)CC1. The molecule has 0 radical (unpaired) electrons. The minimum Gasteiger partial charge on any atom is -0.356 e. The molecule has 26 heavy (non-hydrogen) atoms. The average Bonchev–Trinajstić information content (AvgIpc) is 2.69. The summed E-state index contributed by atoms with van der Waals surface area (Å²) in [7, 11) is 2.10. The summed E-state index contributed by atoms with van der Waals surface area (Å²) in [5, 5.41) is 3.07.